The van der Waals surface area contributed by atoms with Crippen LogP contribution in [0.25, 0.3) is 0 Å². The molecule has 0 atom stereocenters. The van der Waals surface area contributed by atoms with Crippen molar-refractivity contribution in [1.82, 2.24) is 4.90 Å². The number of hydrogen-bond acceptors (Lipinski definition) is 3. The number of ether oxygens (including phenoxy) is 2. The lowest BCUT2D eigenvalue weighted by Gasteiger charge is -2.18. The van der Waals surface area contributed by atoms with Gasteiger partial charge in [0.05, 0.1) is 11.6 Å². The number of halogens is 1. The minimum absolute atomic E-state index is 0.241. The van der Waals surface area contributed by atoms with E-state index in [2.05, 4.69) is 0 Å². The van der Waals surface area contributed by atoms with Crippen LogP contribution in [-0.2, 0) is 0 Å². The molecule has 2 aromatic carbocycles. The van der Waals surface area contributed by atoms with E-state index in [4.69, 9.17) is 26.2 Å². The van der Waals surface area contributed by atoms with Crippen molar-refractivity contribution in [3.05, 3.63) is 53.6 Å². The van der Waals surface area contributed by atoms with Gasteiger partial charge in [-0.25, -0.2) is 4.79 Å². The van der Waals surface area contributed by atoms with E-state index in [0.29, 0.717) is 29.6 Å². The highest BCUT2D eigenvalue weighted by Gasteiger charge is 2.11. The van der Waals surface area contributed by atoms with Gasteiger partial charge in [-0.3, -0.25) is 0 Å². The van der Waals surface area contributed by atoms with Gasteiger partial charge in [0.15, 0.2) is 0 Å². The Kier molecular flexibility index (Phi) is 6.75. The molecule has 0 heterocycles. The van der Waals surface area contributed by atoms with Gasteiger partial charge in [-0.1, -0.05) is 36.7 Å². The van der Waals surface area contributed by atoms with Crippen molar-refractivity contribution in [2.45, 2.75) is 13.3 Å². The fraction of sp³-hybridized carbons (Fsp3) is 0.278. The molecule has 5 nitrogen and oxygen atoms in total. The van der Waals surface area contributed by atoms with Gasteiger partial charge in [0.1, 0.15) is 23.9 Å². The van der Waals surface area contributed by atoms with Gasteiger partial charge >= 0.3 is 6.09 Å². The Hall–Kier alpha value is -2.40. The summed E-state index contributed by atoms with van der Waals surface area (Å²) >= 11 is 6.20. The monoisotopic (exact) mass is 349 g/mol. The van der Waals surface area contributed by atoms with Crippen LogP contribution in [0.4, 0.5) is 4.79 Å². The van der Waals surface area contributed by atoms with Crippen molar-refractivity contribution in [3.63, 3.8) is 0 Å². The molecule has 0 spiro atoms. The normalized spacial score (nSPS) is 10.2. The van der Waals surface area contributed by atoms with E-state index in [1.807, 2.05) is 37.3 Å². The summed E-state index contributed by atoms with van der Waals surface area (Å²) in [6.45, 7) is 2.95. The smallest absolute Gasteiger partial charge is 0.407 e. The van der Waals surface area contributed by atoms with Crippen molar-refractivity contribution in [2.24, 2.45) is 0 Å². The molecule has 0 saturated carbocycles. The fourth-order valence-corrected chi connectivity index (χ4v) is 2.35. The highest BCUT2D eigenvalue weighted by atomic mass is 35.5. The summed E-state index contributed by atoms with van der Waals surface area (Å²) in [5.41, 5.74) is 0. The van der Waals surface area contributed by atoms with Crippen LogP contribution >= 0.6 is 11.6 Å². The maximum absolute atomic E-state index is 11.0. The van der Waals surface area contributed by atoms with Gasteiger partial charge in [-0.05, 0) is 30.7 Å². The summed E-state index contributed by atoms with van der Waals surface area (Å²) in [5, 5.41) is 9.48. The third-order valence-electron chi connectivity index (χ3n) is 3.27. The largest absolute Gasteiger partial charge is 0.490 e. The van der Waals surface area contributed by atoms with E-state index < -0.39 is 6.09 Å². The topological polar surface area (TPSA) is 59.0 Å². The highest BCUT2D eigenvalue weighted by Crippen LogP contribution is 2.31. The molecule has 0 aliphatic rings. The third-order valence-corrected chi connectivity index (χ3v) is 3.56. The first-order valence-corrected chi connectivity index (χ1v) is 8.11. The maximum atomic E-state index is 11.0. The summed E-state index contributed by atoms with van der Waals surface area (Å²) in [7, 11) is 0. The van der Waals surface area contributed by atoms with E-state index in [-0.39, 0.29) is 6.61 Å². The minimum Gasteiger partial charge on any atom is -0.490 e. The van der Waals surface area contributed by atoms with Gasteiger partial charge in [-0.2, -0.15) is 0 Å². The van der Waals surface area contributed by atoms with Gasteiger partial charge in [0, 0.05) is 12.6 Å². The van der Waals surface area contributed by atoms with Crippen LogP contribution in [0.3, 0.4) is 0 Å². The van der Waals surface area contributed by atoms with Gasteiger partial charge in [0.2, 0.25) is 0 Å². The van der Waals surface area contributed by atoms with E-state index in [1.165, 1.54) is 4.90 Å². The number of benzene rings is 2. The van der Waals surface area contributed by atoms with E-state index >= 15 is 0 Å². The second-order valence-corrected chi connectivity index (χ2v) is 5.53. The van der Waals surface area contributed by atoms with Crippen LogP contribution in [0.1, 0.15) is 13.3 Å². The van der Waals surface area contributed by atoms with Crippen molar-refractivity contribution < 1.29 is 19.4 Å². The Morgan fingerprint density at radius 2 is 1.88 bits per heavy atom. The Morgan fingerprint density at radius 1 is 1.12 bits per heavy atom. The highest BCUT2D eigenvalue weighted by molar-refractivity contribution is 6.32. The molecular formula is C18H20ClNO4. The Bertz CT molecular complexity index is 663. The maximum Gasteiger partial charge on any atom is 0.407 e. The first-order valence-electron chi connectivity index (χ1n) is 7.73. The molecule has 0 bridgehead atoms. The number of rotatable bonds is 8. The zero-order valence-corrected chi connectivity index (χ0v) is 14.2. The average Bonchev–Trinajstić information content (AvgIpc) is 2.56. The summed E-state index contributed by atoms with van der Waals surface area (Å²) in [4.78, 5) is 12.4. The minimum atomic E-state index is -0.946. The van der Waals surface area contributed by atoms with Crippen molar-refractivity contribution >= 4 is 17.7 Å². The molecule has 0 radical (unpaired) electrons. The molecule has 0 saturated heterocycles. The standard InChI is InChI=1S/C18H20ClNO4/c1-2-10-20(18(21)22)11-12-23-17-9-8-15(13-16(17)19)24-14-6-4-3-5-7-14/h3-9,13H,2,10-12H2,1H3,(H,21,22). The van der Waals surface area contributed by atoms with Crippen LogP contribution in [0.15, 0.2) is 48.5 Å². The van der Waals surface area contributed by atoms with Gasteiger partial charge in [-0.15, -0.1) is 0 Å². The molecule has 0 aromatic heterocycles. The molecule has 1 N–H and O–H groups in total. The Labute approximate surface area is 146 Å². The summed E-state index contributed by atoms with van der Waals surface area (Å²) in [6.07, 6.45) is -0.184. The molecule has 0 unspecified atom stereocenters. The fourth-order valence-electron chi connectivity index (χ4n) is 2.13. The lowest BCUT2D eigenvalue weighted by atomic mass is 10.3. The van der Waals surface area contributed by atoms with Crippen LogP contribution in [0.2, 0.25) is 5.02 Å². The molecule has 0 fully saturated rings. The summed E-state index contributed by atoms with van der Waals surface area (Å²) in [6, 6.07) is 14.5. The van der Waals surface area contributed by atoms with Crippen LogP contribution in [0.5, 0.6) is 17.2 Å². The second kappa shape index (κ2) is 9.03. The van der Waals surface area contributed by atoms with E-state index in [9.17, 15) is 4.79 Å². The lowest BCUT2D eigenvalue weighted by molar-refractivity contribution is 0.135. The van der Waals surface area contributed by atoms with Crippen LogP contribution in [0, 0.1) is 0 Å². The number of carbonyl (C=O) groups is 1. The third kappa shape index (κ3) is 5.35. The number of carboxylic acid groups (broad SMARTS) is 1. The number of nitrogens with zero attached hydrogens (tertiary/aromatic N) is 1. The van der Waals surface area contributed by atoms with Gasteiger partial charge < -0.3 is 19.5 Å². The molecule has 0 aliphatic heterocycles. The summed E-state index contributed by atoms with van der Waals surface area (Å²) in [5.74, 6) is 1.83. The van der Waals surface area contributed by atoms with E-state index in [1.54, 1.807) is 18.2 Å². The van der Waals surface area contributed by atoms with E-state index in [0.717, 1.165) is 12.2 Å². The zero-order chi connectivity index (χ0) is 17.4. The zero-order valence-electron chi connectivity index (χ0n) is 13.4. The molecule has 128 valence electrons. The number of para-hydroxylation sites is 1. The van der Waals surface area contributed by atoms with Crippen LogP contribution in [-0.4, -0.2) is 35.8 Å². The molecule has 2 rings (SSSR count). The van der Waals surface area contributed by atoms with Crippen LogP contribution < -0.4 is 9.47 Å². The average molecular weight is 350 g/mol. The predicted molar refractivity (Wildman–Crippen MR) is 93.4 cm³/mol. The second-order valence-electron chi connectivity index (χ2n) is 5.13. The van der Waals surface area contributed by atoms with Crippen molar-refractivity contribution in [1.29, 1.82) is 0 Å². The summed E-state index contributed by atoms with van der Waals surface area (Å²) < 4.78 is 11.3. The predicted octanol–water partition coefficient (Wildman–Crippen LogP) is 4.90. The molecular weight excluding hydrogens is 330 g/mol. The van der Waals surface area contributed by atoms with Gasteiger partial charge in [0.25, 0.3) is 0 Å². The molecule has 24 heavy (non-hydrogen) atoms. The molecule has 0 aliphatic carbocycles. The SMILES string of the molecule is CCCN(CCOc1ccc(Oc2ccccc2)cc1Cl)C(=O)O. The quantitative estimate of drug-likeness (QED) is 0.736. The first kappa shape index (κ1) is 17.9. The lowest BCUT2D eigenvalue weighted by Crippen LogP contribution is -2.33. The number of amides is 1. The Morgan fingerprint density at radius 3 is 2.50 bits per heavy atom. The van der Waals surface area contributed by atoms with Crippen molar-refractivity contribution in [2.75, 3.05) is 19.7 Å². The first-order chi connectivity index (χ1) is 11.6. The molecule has 1 amide bonds. The van der Waals surface area contributed by atoms with Crippen molar-refractivity contribution in [3.8, 4) is 17.2 Å². The Balaban J connectivity index is 1.91. The molecule has 6 heteroatoms. The molecule has 2 aromatic rings. The number of hydrogen-bond donors (Lipinski definition) is 1.